The molecule has 2 unspecified atom stereocenters. The zero-order chi connectivity index (χ0) is 27.0. The van der Waals surface area contributed by atoms with Gasteiger partial charge >= 0.3 is 6.09 Å². The molecular formula is C28H42N4O4. The fourth-order valence-corrected chi connectivity index (χ4v) is 4.71. The molecule has 2 N–H and O–H groups in total. The maximum atomic E-state index is 13.9. The molecule has 1 aliphatic carbocycles. The average molecular weight is 499 g/mol. The first-order valence-corrected chi connectivity index (χ1v) is 12.9. The summed E-state index contributed by atoms with van der Waals surface area (Å²) >= 11 is 0. The Hall–Kier alpha value is -3.08. The Labute approximate surface area is 215 Å². The molecule has 1 aromatic carbocycles. The van der Waals surface area contributed by atoms with E-state index in [9.17, 15) is 19.6 Å². The third-order valence-corrected chi connectivity index (χ3v) is 6.46. The van der Waals surface area contributed by atoms with Crippen molar-refractivity contribution in [2.24, 2.45) is 5.92 Å². The lowest BCUT2D eigenvalue weighted by Crippen LogP contribution is -2.55. The summed E-state index contributed by atoms with van der Waals surface area (Å²) in [5.41, 5.74) is 1.68. The Bertz CT molecular complexity index is 950. The second kappa shape index (κ2) is 12.8. The SMILES string of the molecule is Cc1cccc(C)c1C(C(=O)NC1CCCCC1)N(CC#N)C(=O)C(NC(=O)OC(C)(C)C)C(C)C. The molecule has 2 rings (SSSR count). The number of carbonyl (C=O) groups excluding carboxylic acids is 3. The standard InChI is InChI=1S/C28H42N4O4/c1-18(2)23(31-27(35)36-28(5,6)7)26(34)32(17-16-29)24(22-19(3)12-11-13-20(22)4)25(33)30-21-14-9-8-10-15-21/h11-13,18,21,23-24H,8-10,14-15,17H2,1-7H3,(H,30,33)(H,31,35). The van der Waals surface area contributed by atoms with Crippen molar-refractivity contribution in [2.45, 2.75) is 104 Å². The second-order valence-corrected chi connectivity index (χ2v) is 11.0. The Morgan fingerprint density at radius 2 is 1.69 bits per heavy atom. The third kappa shape index (κ3) is 7.97. The van der Waals surface area contributed by atoms with Gasteiger partial charge in [-0.05, 0) is 70.1 Å². The number of hydrogen-bond acceptors (Lipinski definition) is 5. The van der Waals surface area contributed by atoms with E-state index >= 15 is 0 Å². The number of amides is 3. The van der Waals surface area contributed by atoms with Crippen LogP contribution in [0.5, 0.6) is 0 Å². The smallest absolute Gasteiger partial charge is 0.408 e. The van der Waals surface area contributed by atoms with Gasteiger partial charge in [0.1, 0.15) is 24.2 Å². The normalized spacial score (nSPS) is 16.0. The van der Waals surface area contributed by atoms with Gasteiger partial charge in [-0.1, -0.05) is 51.3 Å². The summed E-state index contributed by atoms with van der Waals surface area (Å²) in [5.74, 6) is -1.10. The van der Waals surface area contributed by atoms with Crippen LogP contribution in [0, 0.1) is 31.1 Å². The van der Waals surface area contributed by atoms with Crippen LogP contribution in [-0.2, 0) is 14.3 Å². The molecule has 2 atom stereocenters. The molecule has 0 aromatic heterocycles. The summed E-state index contributed by atoms with van der Waals surface area (Å²) in [4.78, 5) is 41.6. The van der Waals surface area contributed by atoms with Gasteiger partial charge in [0.15, 0.2) is 0 Å². The van der Waals surface area contributed by atoms with Crippen molar-refractivity contribution in [2.75, 3.05) is 6.54 Å². The van der Waals surface area contributed by atoms with Gasteiger partial charge in [-0.15, -0.1) is 0 Å². The molecule has 8 heteroatoms. The molecule has 3 amide bonds. The number of alkyl carbamates (subject to hydrolysis) is 1. The molecular weight excluding hydrogens is 456 g/mol. The molecule has 0 aliphatic heterocycles. The van der Waals surface area contributed by atoms with Crippen molar-refractivity contribution < 1.29 is 19.1 Å². The number of carbonyl (C=O) groups is 3. The number of ether oxygens (including phenoxy) is 1. The van der Waals surface area contributed by atoms with Crippen molar-refractivity contribution in [1.29, 1.82) is 5.26 Å². The third-order valence-electron chi connectivity index (χ3n) is 6.46. The van der Waals surface area contributed by atoms with Crippen LogP contribution in [0.15, 0.2) is 18.2 Å². The van der Waals surface area contributed by atoms with Crippen molar-refractivity contribution >= 4 is 17.9 Å². The van der Waals surface area contributed by atoms with E-state index in [0.29, 0.717) is 5.56 Å². The van der Waals surface area contributed by atoms with Crippen LogP contribution in [-0.4, -0.2) is 47.0 Å². The van der Waals surface area contributed by atoms with Crippen LogP contribution >= 0.6 is 0 Å². The highest BCUT2D eigenvalue weighted by Crippen LogP contribution is 2.30. The van der Waals surface area contributed by atoms with E-state index in [1.54, 1.807) is 34.6 Å². The molecule has 0 saturated heterocycles. The van der Waals surface area contributed by atoms with Crippen molar-refractivity contribution in [3.63, 3.8) is 0 Å². The summed E-state index contributed by atoms with van der Waals surface area (Å²) in [6.45, 7) is 12.3. The van der Waals surface area contributed by atoms with Crippen LogP contribution in [0.1, 0.15) is 89.5 Å². The van der Waals surface area contributed by atoms with E-state index < -0.39 is 29.7 Å². The quantitative estimate of drug-likeness (QED) is 0.505. The van der Waals surface area contributed by atoms with Gasteiger partial charge in [0.05, 0.1) is 6.07 Å². The molecule has 198 valence electrons. The number of rotatable bonds is 8. The fraction of sp³-hybridized carbons (Fsp3) is 0.643. The highest BCUT2D eigenvalue weighted by atomic mass is 16.6. The van der Waals surface area contributed by atoms with Crippen molar-refractivity contribution in [3.05, 3.63) is 34.9 Å². The maximum Gasteiger partial charge on any atom is 0.408 e. The first-order valence-electron chi connectivity index (χ1n) is 12.9. The van der Waals surface area contributed by atoms with Gasteiger partial charge in [-0.25, -0.2) is 4.79 Å². The van der Waals surface area contributed by atoms with Gasteiger partial charge in [-0.3, -0.25) is 9.59 Å². The summed E-state index contributed by atoms with van der Waals surface area (Å²) in [6.07, 6.45) is 4.32. The number of hydrogen-bond donors (Lipinski definition) is 2. The van der Waals surface area contributed by atoms with Gasteiger partial charge in [0, 0.05) is 6.04 Å². The molecule has 1 saturated carbocycles. The zero-order valence-corrected chi connectivity index (χ0v) is 22.8. The summed E-state index contributed by atoms with van der Waals surface area (Å²) in [5, 5.41) is 15.5. The topological polar surface area (TPSA) is 112 Å². The van der Waals surface area contributed by atoms with E-state index in [2.05, 4.69) is 16.7 Å². The zero-order valence-electron chi connectivity index (χ0n) is 22.8. The highest BCUT2D eigenvalue weighted by Gasteiger charge is 2.39. The van der Waals surface area contributed by atoms with Crippen molar-refractivity contribution in [3.8, 4) is 6.07 Å². The van der Waals surface area contributed by atoms with Crippen molar-refractivity contribution in [1.82, 2.24) is 15.5 Å². The highest BCUT2D eigenvalue weighted by molar-refractivity contribution is 5.93. The molecule has 0 heterocycles. The predicted molar refractivity (Wildman–Crippen MR) is 139 cm³/mol. The monoisotopic (exact) mass is 498 g/mol. The molecule has 36 heavy (non-hydrogen) atoms. The Kier molecular flexibility index (Phi) is 10.3. The summed E-state index contributed by atoms with van der Waals surface area (Å²) in [7, 11) is 0. The molecule has 1 aromatic rings. The van der Waals surface area contributed by atoms with E-state index in [1.165, 1.54) is 4.90 Å². The van der Waals surface area contributed by atoms with Crippen LogP contribution in [0.25, 0.3) is 0 Å². The largest absolute Gasteiger partial charge is 0.444 e. The van der Waals surface area contributed by atoms with E-state index in [1.807, 2.05) is 32.0 Å². The van der Waals surface area contributed by atoms with Crippen LogP contribution < -0.4 is 10.6 Å². The lowest BCUT2D eigenvalue weighted by molar-refractivity contribution is -0.143. The molecule has 1 fully saturated rings. The average Bonchev–Trinajstić information content (AvgIpc) is 2.77. The minimum Gasteiger partial charge on any atom is -0.444 e. The number of nitrogens with zero attached hydrogens (tertiary/aromatic N) is 2. The second-order valence-electron chi connectivity index (χ2n) is 11.0. The lowest BCUT2D eigenvalue weighted by Gasteiger charge is -2.36. The molecule has 1 aliphatic rings. The number of benzene rings is 1. The Balaban J connectivity index is 2.49. The molecule has 8 nitrogen and oxygen atoms in total. The maximum absolute atomic E-state index is 13.9. The van der Waals surface area contributed by atoms with Gasteiger partial charge in [-0.2, -0.15) is 5.26 Å². The number of nitrogens with one attached hydrogen (secondary N) is 2. The molecule has 0 spiro atoms. The van der Waals surface area contributed by atoms with E-state index in [-0.39, 0.29) is 24.4 Å². The van der Waals surface area contributed by atoms with Gasteiger partial charge in [0.25, 0.3) is 0 Å². The number of nitriles is 1. The lowest BCUT2D eigenvalue weighted by atomic mass is 9.91. The van der Waals surface area contributed by atoms with E-state index in [0.717, 1.165) is 43.2 Å². The summed E-state index contributed by atoms with van der Waals surface area (Å²) in [6, 6.07) is 5.84. The summed E-state index contributed by atoms with van der Waals surface area (Å²) < 4.78 is 5.37. The van der Waals surface area contributed by atoms with Crippen LogP contribution in [0.3, 0.4) is 0 Å². The first kappa shape index (κ1) is 29.2. The predicted octanol–water partition coefficient (Wildman–Crippen LogP) is 4.69. The van der Waals surface area contributed by atoms with Crippen LogP contribution in [0.4, 0.5) is 4.79 Å². The van der Waals surface area contributed by atoms with E-state index in [4.69, 9.17) is 4.74 Å². The minimum absolute atomic E-state index is 0.0397. The van der Waals surface area contributed by atoms with Gasteiger partial charge in [0.2, 0.25) is 11.8 Å². The van der Waals surface area contributed by atoms with Gasteiger partial charge < -0.3 is 20.3 Å². The van der Waals surface area contributed by atoms with Crippen LogP contribution in [0.2, 0.25) is 0 Å². The number of aryl methyl sites for hydroxylation is 2. The molecule has 0 bridgehead atoms. The minimum atomic E-state index is -0.998. The Morgan fingerprint density at radius 3 is 2.19 bits per heavy atom. The first-order chi connectivity index (χ1) is 16.9. The molecule has 0 radical (unpaired) electrons. The Morgan fingerprint density at radius 1 is 1.11 bits per heavy atom. The fourth-order valence-electron chi connectivity index (χ4n) is 4.71.